The van der Waals surface area contributed by atoms with Crippen LogP contribution in [0.25, 0.3) is 0 Å². The third-order valence-electron chi connectivity index (χ3n) is 3.10. The first-order valence-electron chi connectivity index (χ1n) is 6.08. The summed E-state index contributed by atoms with van der Waals surface area (Å²) in [6.45, 7) is 7.41. The van der Waals surface area contributed by atoms with Crippen molar-refractivity contribution >= 4 is 11.6 Å². The number of carbonyl (C=O) groups is 1. The van der Waals surface area contributed by atoms with E-state index in [1.807, 2.05) is 26.8 Å². The molecule has 102 valence electrons. The summed E-state index contributed by atoms with van der Waals surface area (Å²) >= 11 is 0. The Morgan fingerprint density at radius 1 is 1.47 bits per heavy atom. The average Bonchev–Trinajstić information content (AvgIpc) is 2.83. The standard InChI is InChI=1S/C13H18N4O2/c1-6-5-10(9(4)19-6)7(2)15-13(18)12-11(14)8(3)16-17-12/h5,7H,14H2,1-4H3,(H,15,18)(H,16,17). The van der Waals surface area contributed by atoms with Gasteiger partial charge in [-0.15, -0.1) is 0 Å². The zero-order valence-electron chi connectivity index (χ0n) is 11.5. The van der Waals surface area contributed by atoms with Gasteiger partial charge in [-0.05, 0) is 33.8 Å². The third-order valence-corrected chi connectivity index (χ3v) is 3.10. The molecule has 0 spiro atoms. The number of anilines is 1. The number of aromatic amines is 1. The Balaban J connectivity index is 2.15. The summed E-state index contributed by atoms with van der Waals surface area (Å²) in [5, 5.41) is 9.46. The van der Waals surface area contributed by atoms with E-state index < -0.39 is 0 Å². The molecule has 0 saturated heterocycles. The van der Waals surface area contributed by atoms with Crippen molar-refractivity contribution in [2.24, 2.45) is 0 Å². The summed E-state index contributed by atoms with van der Waals surface area (Å²) in [7, 11) is 0. The fraction of sp³-hybridized carbons (Fsp3) is 0.385. The molecule has 0 aliphatic rings. The van der Waals surface area contributed by atoms with Gasteiger partial charge in [0.15, 0.2) is 5.69 Å². The van der Waals surface area contributed by atoms with E-state index in [9.17, 15) is 4.79 Å². The van der Waals surface area contributed by atoms with Crippen LogP contribution < -0.4 is 11.1 Å². The Morgan fingerprint density at radius 3 is 2.63 bits per heavy atom. The summed E-state index contributed by atoms with van der Waals surface area (Å²) < 4.78 is 5.45. The number of furan rings is 1. The highest BCUT2D eigenvalue weighted by molar-refractivity contribution is 5.97. The molecule has 6 nitrogen and oxygen atoms in total. The molecular weight excluding hydrogens is 244 g/mol. The minimum absolute atomic E-state index is 0.165. The molecule has 6 heteroatoms. The second-order valence-corrected chi connectivity index (χ2v) is 4.67. The van der Waals surface area contributed by atoms with Crippen LogP contribution in [0.5, 0.6) is 0 Å². The van der Waals surface area contributed by atoms with Gasteiger partial charge in [-0.2, -0.15) is 5.10 Å². The molecule has 1 amide bonds. The van der Waals surface area contributed by atoms with Crippen LogP contribution in [0.2, 0.25) is 0 Å². The number of aryl methyl sites for hydroxylation is 3. The van der Waals surface area contributed by atoms with E-state index in [1.165, 1.54) is 0 Å². The van der Waals surface area contributed by atoms with Gasteiger partial charge in [0, 0.05) is 5.56 Å². The average molecular weight is 262 g/mol. The summed E-state index contributed by atoms with van der Waals surface area (Å²) in [5.41, 5.74) is 8.03. The van der Waals surface area contributed by atoms with E-state index in [0.717, 1.165) is 17.1 Å². The molecule has 4 N–H and O–H groups in total. The molecule has 19 heavy (non-hydrogen) atoms. The highest BCUT2D eigenvalue weighted by atomic mass is 16.3. The summed E-state index contributed by atoms with van der Waals surface area (Å²) in [6, 6.07) is 1.75. The molecule has 0 radical (unpaired) electrons. The molecule has 0 saturated carbocycles. The molecular formula is C13H18N4O2. The van der Waals surface area contributed by atoms with Gasteiger partial charge in [0.1, 0.15) is 11.5 Å². The van der Waals surface area contributed by atoms with E-state index in [4.69, 9.17) is 10.2 Å². The lowest BCUT2D eigenvalue weighted by Gasteiger charge is -2.12. The first kappa shape index (κ1) is 13.2. The second kappa shape index (κ2) is 4.79. The maximum atomic E-state index is 12.1. The molecule has 1 unspecified atom stereocenters. The topological polar surface area (TPSA) is 96.9 Å². The Kier molecular flexibility index (Phi) is 3.33. The molecule has 0 aliphatic heterocycles. The second-order valence-electron chi connectivity index (χ2n) is 4.67. The maximum absolute atomic E-state index is 12.1. The van der Waals surface area contributed by atoms with E-state index in [2.05, 4.69) is 15.5 Å². The highest BCUT2D eigenvalue weighted by Gasteiger charge is 2.20. The normalized spacial score (nSPS) is 12.4. The van der Waals surface area contributed by atoms with Crippen LogP contribution in [-0.4, -0.2) is 16.1 Å². The van der Waals surface area contributed by atoms with Crippen molar-refractivity contribution in [2.75, 3.05) is 5.73 Å². The predicted octanol–water partition coefficient (Wildman–Crippen LogP) is 2.00. The van der Waals surface area contributed by atoms with E-state index in [1.54, 1.807) is 6.92 Å². The van der Waals surface area contributed by atoms with Crippen molar-refractivity contribution < 1.29 is 9.21 Å². The van der Waals surface area contributed by atoms with Gasteiger partial charge in [0.2, 0.25) is 0 Å². The zero-order valence-corrected chi connectivity index (χ0v) is 11.5. The number of nitrogens with two attached hydrogens (primary N) is 1. The molecule has 0 aromatic carbocycles. The van der Waals surface area contributed by atoms with Gasteiger partial charge in [-0.1, -0.05) is 0 Å². The van der Waals surface area contributed by atoms with Crippen molar-refractivity contribution in [2.45, 2.75) is 33.7 Å². The number of hydrogen-bond acceptors (Lipinski definition) is 4. The number of aromatic nitrogens is 2. The van der Waals surface area contributed by atoms with E-state index in [0.29, 0.717) is 11.4 Å². The van der Waals surface area contributed by atoms with Crippen molar-refractivity contribution in [3.8, 4) is 0 Å². The lowest BCUT2D eigenvalue weighted by molar-refractivity contribution is 0.0935. The monoisotopic (exact) mass is 262 g/mol. The van der Waals surface area contributed by atoms with Crippen LogP contribution in [0.3, 0.4) is 0 Å². The Bertz CT molecular complexity index is 612. The molecule has 1 atom stereocenters. The smallest absolute Gasteiger partial charge is 0.274 e. The number of hydrogen-bond donors (Lipinski definition) is 3. The van der Waals surface area contributed by atoms with E-state index >= 15 is 0 Å². The number of rotatable bonds is 3. The molecule has 2 aromatic rings. The van der Waals surface area contributed by atoms with Gasteiger partial charge < -0.3 is 15.5 Å². The third kappa shape index (κ3) is 2.47. The number of nitrogens with one attached hydrogen (secondary N) is 2. The summed E-state index contributed by atoms with van der Waals surface area (Å²) in [6.07, 6.45) is 0. The predicted molar refractivity (Wildman–Crippen MR) is 71.8 cm³/mol. The molecule has 2 rings (SSSR count). The van der Waals surface area contributed by atoms with Crippen LogP contribution in [-0.2, 0) is 0 Å². The summed E-state index contributed by atoms with van der Waals surface area (Å²) in [5.74, 6) is 1.33. The number of carbonyl (C=O) groups excluding carboxylic acids is 1. The largest absolute Gasteiger partial charge is 0.466 e. The van der Waals surface area contributed by atoms with Crippen molar-refractivity contribution in [3.05, 3.63) is 34.5 Å². The van der Waals surface area contributed by atoms with Gasteiger partial charge in [0.05, 0.1) is 17.4 Å². The highest BCUT2D eigenvalue weighted by Crippen LogP contribution is 2.22. The SMILES string of the molecule is Cc1cc(C(C)NC(=O)c2n[nH]c(C)c2N)c(C)o1. The maximum Gasteiger partial charge on any atom is 0.274 e. The van der Waals surface area contributed by atoms with Crippen LogP contribution in [0, 0.1) is 20.8 Å². The van der Waals surface area contributed by atoms with Gasteiger partial charge >= 0.3 is 0 Å². The van der Waals surface area contributed by atoms with Crippen molar-refractivity contribution in [1.82, 2.24) is 15.5 Å². The lowest BCUT2D eigenvalue weighted by Crippen LogP contribution is -2.27. The Labute approximate surface area is 111 Å². The van der Waals surface area contributed by atoms with Crippen LogP contribution >= 0.6 is 0 Å². The van der Waals surface area contributed by atoms with Gasteiger partial charge in [0.25, 0.3) is 5.91 Å². The Morgan fingerprint density at radius 2 is 2.16 bits per heavy atom. The van der Waals surface area contributed by atoms with Crippen LogP contribution in [0.1, 0.15) is 46.2 Å². The first-order valence-corrected chi connectivity index (χ1v) is 6.08. The van der Waals surface area contributed by atoms with Crippen molar-refractivity contribution in [3.63, 3.8) is 0 Å². The van der Waals surface area contributed by atoms with Gasteiger partial charge in [-0.25, -0.2) is 0 Å². The van der Waals surface area contributed by atoms with Gasteiger partial charge in [-0.3, -0.25) is 9.89 Å². The number of nitrogen functional groups attached to an aromatic ring is 1. The minimum Gasteiger partial charge on any atom is -0.466 e. The number of amides is 1. The quantitative estimate of drug-likeness (QED) is 0.788. The van der Waals surface area contributed by atoms with Crippen LogP contribution in [0.4, 0.5) is 5.69 Å². The molecule has 2 aromatic heterocycles. The Hall–Kier alpha value is -2.24. The van der Waals surface area contributed by atoms with Crippen LogP contribution in [0.15, 0.2) is 10.5 Å². The lowest BCUT2D eigenvalue weighted by atomic mass is 10.1. The number of H-pyrrole nitrogens is 1. The fourth-order valence-corrected chi connectivity index (χ4v) is 2.03. The summed E-state index contributed by atoms with van der Waals surface area (Å²) in [4.78, 5) is 12.1. The fourth-order valence-electron chi connectivity index (χ4n) is 2.03. The molecule has 0 aliphatic carbocycles. The first-order chi connectivity index (χ1) is 8.90. The molecule has 0 bridgehead atoms. The minimum atomic E-state index is -0.299. The molecule has 2 heterocycles. The zero-order chi connectivity index (χ0) is 14.2. The molecule has 0 fully saturated rings. The van der Waals surface area contributed by atoms with E-state index in [-0.39, 0.29) is 17.6 Å². The van der Waals surface area contributed by atoms with Crippen molar-refractivity contribution in [1.29, 1.82) is 0 Å². The number of nitrogens with zero attached hydrogens (tertiary/aromatic N) is 1.